The third kappa shape index (κ3) is 1.82. The van der Waals surface area contributed by atoms with Gasteiger partial charge in [0.2, 0.25) is 0 Å². The van der Waals surface area contributed by atoms with Gasteiger partial charge in [0.05, 0.1) is 5.54 Å². The van der Waals surface area contributed by atoms with Gasteiger partial charge in [-0.1, -0.05) is 30.3 Å². The van der Waals surface area contributed by atoms with E-state index in [0.29, 0.717) is 0 Å². The number of hydrogen-bond donors (Lipinski definition) is 0. The Balaban J connectivity index is 2.32. The summed E-state index contributed by atoms with van der Waals surface area (Å²) in [5.41, 5.74) is 0.666. The van der Waals surface area contributed by atoms with Crippen LogP contribution in [0.2, 0.25) is 0 Å². The second-order valence-corrected chi connectivity index (χ2v) is 4.33. The highest BCUT2D eigenvalue weighted by Gasteiger charge is 2.34. The lowest BCUT2D eigenvalue weighted by atomic mass is 9.92. The summed E-state index contributed by atoms with van der Waals surface area (Å²) in [6.45, 7) is 4.08. The van der Waals surface area contributed by atoms with Crippen LogP contribution in [0.4, 0.5) is 0 Å². The molecule has 0 amide bonds. The number of carbonyl (C=O) groups excluding carboxylic acids is 1. The molecule has 1 aromatic rings. The highest BCUT2D eigenvalue weighted by Crippen LogP contribution is 2.29. The Kier molecular flexibility index (Phi) is 2.87. The third-order valence-corrected chi connectivity index (χ3v) is 3.35. The SMILES string of the molecule is CC(C=O)(c1ccccc1)N1CCCC1. The summed E-state index contributed by atoms with van der Waals surface area (Å²) in [5, 5.41) is 0. The fourth-order valence-electron chi connectivity index (χ4n) is 2.28. The average Bonchev–Trinajstić information content (AvgIpc) is 2.83. The Bertz CT molecular complexity index is 330. The molecule has 1 unspecified atom stereocenters. The van der Waals surface area contributed by atoms with Gasteiger partial charge in [0, 0.05) is 0 Å². The maximum atomic E-state index is 11.4. The molecule has 1 aromatic carbocycles. The lowest BCUT2D eigenvalue weighted by Crippen LogP contribution is -2.43. The number of aldehydes is 1. The molecule has 2 heteroatoms. The molecule has 1 saturated heterocycles. The molecule has 80 valence electrons. The second kappa shape index (κ2) is 4.15. The van der Waals surface area contributed by atoms with Crippen LogP contribution in [0.25, 0.3) is 0 Å². The van der Waals surface area contributed by atoms with Gasteiger partial charge in [0.1, 0.15) is 6.29 Å². The number of rotatable bonds is 3. The normalized spacial score (nSPS) is 21.1. The van der Waals surface area contributed by atoms with Crippen molar-refractivity contribution in [1.82, 2.24) is 4.90 Å². The minimum absolute atomic E-state index is 0.433. The van der Waals surface area contributed by atoms with Crippen molar-refractivity contribution >= 4 is 6.29 Å². The molecule has 1 heterocycles. The summed E-state index contributed by atoms with van der Waals surface area (Å²) in [5.74, 6) is 0. The summed E-state index contributed by atoms with van der Waals surface area (Å²) in [7, 11) is 0. The molecule has 1 fully saturated rings. The minimum atomic E-state index is -0.433. The van der Waals surface area contributed by atoms with Crippen molar-refractivity contribution in [3.8, 4) is 0 Å². The molecule has 0 aromatic heterocycles. The highest BCUT2D eigenvalue weighted by molar-refractivity contribution is 5.67. The number of carbonyl (C=O) groups is 1. The summed E-state index contributed by atoms with van der Waals surface area (Å²) in [6.07, 6.45) is 3.49. The number of hydrogen-bond acceptors (Lipinski definition) is 2. The molecule has 1 atom stereocenters. The molecule has 1 aliphatic rings. The fraction of sp³-hybridized carbons (Fsp3) is 0.462. The Labute approximate surface area is 90.9 Å². The lowest BCUT2D eigenvalue weighted by molar-refractivity contribution is -0.117. The zero-order chi connectivity index (χ0) is 10.7. The smallest absolute Gasteiger partial charge is 0.144 e. The molecular formula is C13H17NO. The highest BCUT2D eigenvalue weighted by atomic mass is 16.1. The Hall–Kier alpha value is -1.15. The molecule has 0 N–H and O–H groups in total. The summed E-state index contributed by atoms with van der Waals surface area (Å²) < 4.78 is 0. The molecular weight excluding hydrogens is 186 g/mol. The first-order valence-electron chi connectivity index (χ1n) is 5.54. The van der Waals surface area contributed by atoms with Gasteiger partial charge >= 0.3 is 0 Å². The standard InChI is InChI=1S/C13H17NO/c1-13(11-15,14-9-5-6-10-14)12-7-3-2-4-8-12/h2-4,7-8,11H,5-6,9-10H2,1H3. The van der Waals surface area contributed by atoms with Crippen LogP contribution in [-0.4, -0.2) is 24.3 Å². The van der Waals surface area contributed by atoms with E-state index in [2.05, 4.69) is 4.90 Å². The van der Waals surface area contributed by atoms with E-state index < -0.39 is 5.54 Å². The molecule has 0 radical (unpaired) electrons. The van der Waals surface area contributed by atoms with E-state index in [1.54, 1.807) is 0 Å². The molecule has 0 aliphatic carbocycles. The predicted molar refractivity (Wildman–Crippen MR) is 60.7 cm³/mol. The quantitative estimate of drug-likeness (QED) is 0.702. The van der Waals surface area contributed by atoms with E-state index in [1.807, 2.05) is 37.3 Å². The van der Waals surface area contributed by atoms with Gasteiger partial charge in [-0.2, -0.15) is 0 Å². The largest absolute Gasteiger partial charge is 0.301 e. The number of nitrogens with zero attached hydrogens (tertiary/aromatic N) is 1. The van der Waals surface area contributed by atoms with Gasteiger partial charge < -0.3 is 4.79 Å². The van der Waals surface area contributed by atoms with Gasteiger partial charge in [0.15, 0.2) is 0 Å². The van der Waals surface area contributed by atoms with Gasteiger partial charge in [0.25, 0.3) is 0 Å². The van der Waals surface area contributed by atoms with E-state index in [1.165, 1.54) is 12.8 Å². The Morgan fingerprint density at radius 1 is 1.20 bits per heavy atom. The van der Waals surface area contributed by atoms with Crippen molar-refractivity contribution in [3.05, 3.63) is 35.9 Å². The zero-order valence-electron chi connectivity index (χ0n) is 9.15. The van der Waals surface area contributed by atoms with Crippen LogP contribution in [-0.2, 0) is 10.3 Å². The minimum Gasteiger partial charge on any atom is -0.301 e. The Morgan fingerprint density at radius 2 is 1.80 bits per heavy atom. The van der Waals surface area contributed by atoms with Crippen molar-refractivity contribution in [2.24, 2.45) is 0 Å². The van der Waals surface area contributed by atoms with Crippen LogP contribution in [0.3, 0.4) is 0 Å². The maximum absolute atomic E-state index is 11.4. The molecule has 0 bridgehead atoms. The van der Waals surface area contributed by atoms with E-state index in [4.69, 9.17) is 0 Å². The second-order valence-electron chi connectivity index (χ2n) is 4.33. The maximum Gasteiger partial charge on any atom is 0.144 e. The van der Waals surface area contributed by atoms with Crippen LogP contribution in [0.1, 0.15) is 25.3 Å². The van der Waals surface area contributed by atoms with Crippen molar-refractivity contribution in [2.45, 2.75) is 25.3 Å². The average molecular weight is 203 g/mol. The van der Waals surface area contributed by atoms with Crippen molar-refractivity contribution in [2.75, 3.05) is 13.1 Å². The first-order chi connectivity index (χ1) is 7.27. The van der Waals surface area contributed by atoms with Crippen LogP contribution >= 0.6 is 0 Å². The van der Waals surface area contributed by atoms with Crippen molar-refractivity contribution in [3.63, 3.8) is 0 Å². The van der Waals surface area contributed by atoms with Gasteiger partial charge in [-0.15, -0.1) is 0 Å². The molecule has 2 rings (SSSR count). The van der Waals surface area contributed by atoms with Crippen LogP contribution < -0.4 is 0 Å². The van der Waals surface area contributed by atoms with Gasteiger partial charge in [-0.25, -0.2) is 0 Å². The first kappa shape index (κ1) is 10.4. The van der Waals surface area contributed by atoms with E-state index in [9.17, 15) is 4.79 Å². The summed E-state index contributed by atoms with van der Waals surface area (Å²) in [4.78, 5) is 13.6. The first-order valence-corrected chi connectivity index (χ1v) is 5.54. The van der Waals surface area contributed by atoms with Crippen LogP contribution in [0, 0.1) is 0 Å². The molecule has 2 nitrogen and oxygen atoms in total. The van der Waals surface area contributed by atoms with E-state index >= 15 is 0 Å². The fourth-order valence-corrected chi connectivity index (χ4v) is 2.28. The van der Waals surface area contributed by atoms with Gasteiger partial charge in [-0.05, 0) is 38.4 Å². The van der Waals surface area contributed by atoms with Crippen LogP contribution in [0.5, 0.6) is 0 Å². The third-order valence-electron chi connectivity index (χ3n) is 3.35. The number of benzene rings is 1. The molecule has 1 aliphatic heterocycles. The monoisotopic (exact) mass is 203 g/mol. The van der Waals surface area contributed by atoms with E-state index in [-0.39, 0.29) is 0 Å². The van der Waals surface area contributed by atoms with Crippen molar-refractivity contribution in [1.29, 1.82) is 0 Å². The van der Waals surface area contributed by atoms with Gasteiger partial charge in [-0.3, -0.25) is 4.90 Å². The topological polar surface area (TPSA) is 20.3 Å². The molecule has 15 heavy (non-hydrogen) atoms. The number of likely N-dealkylation sites (tertiary alicyclic amines) is 1. The molecule has 0 spiro atoms. The molecule has 0 saturated carbocycles. The predicted octanol–water partition coefficient (Wildman–Crippen LogP) is 2.20. The van der Waals surface area contributed by atoms with E-state index in [0.717, 1.165) is 24.9 Å². The van der Waals surface area contributed by atoms with Crippen LogP contribution in [0.15, 0.2) is 30.3 Å². The lowest BCUT2D eigenvalue weighted by Gasteiger charge is -2.34. The Morgan fingerprint density at radius 3 is 2.33 bits per heavy atom. The summed E-state index contributed by atoms with van der Waals surface area (Å²) >= 11 is 0. The van der Waals surface area contributed by atoms with Crippen molar-refractivity contribution < 1.29 is 4.79 Å². The summed E-state index contributed by atoms with van der Waals surface area (Å²) in [6, 6.07) is 10.0. The zero-order valence-corrected chi connectivity index (χ0v) is 9.15.